The van der Waals surface area contributed by atoms with E-state index >= 15 is 0 Å². The van der Waals surface area contributed by atoms with Gasteiger partial charge in [0.2, 0.25) is 0 Å². The third-order valence-electron chi connectivity index (χ3n) is 3.10. The van der Waals surface area contributed by atoms with Gasteiger partial charge in [-0.05, 0) is 17.9 Å². The van der Waals surface area contributed by atoms with Crippen molar-refractivity contribution in [2.45, 2.75) is 32.6 Å². The van der Waals surface area contributed by atoms with Crippen molar-refractivity contribution < 1.29 is 0 Å². The van der Waals surface area contributed by atoms with Gasteiger partial charge in [0, 0.05) is 6.42 Å². The quantitative estimate of drug-likeness (QED) is 0.882. The van der Waals surface area contributed by atoms with Gasteiger partial charge in [0.05, 0.1) is 5.56 Å². The number of aromatic nitrogens is 2. The van der Waals surface area contributed by atoms with E-state index in [1.165, 1.54) is 5.56 Å². The summed E-state index contributed by atoms with van der Waals surface area (Å²) in [6.45, 7) is 3.87. The summed E-state index contributed by atoms with van der Waals surface area (Å²) >= 11 is 0. The van der Waals surface area contributed by atoms with Gasteiger partial charge in [0.1, 0.15) is 11.6 Å². The van der Waals surface area contributed by atoms with Gasteiger partial charge < -0.3 is 10.7 Å². The Kier molecular flexibility index (Phi) is 4.00. The number of nitrogens with one attached hydrogen (secondary N) is 1. The second-order valence-corrected chi connectivity index (χ2v) is 4.95. The van der Waals surface area contributed by atoms with Gasteiger partial charge in [-0.25, -0.2) is 4.98 Å². The molecule has 0 saturated heterocycles. The fourth-order valence-corrected chi connectivity index (χ4v) is 2.13. The highest BCUT2D eigenvalue weighted by molar-refractivity contribution is 5.39. The molecule has 0 unspecified atom stereocenters. The Balaban J connectivity index is 2.17. The second-order valence-electron chi connectivity index (χ2n) is 4.95. The van der Waals surface area contributed by atoms with Gasteiger partial charge in [0.15, 0.2) is 0 Å². The van der Waals surface area contributed by atoms with E-state index in [9.17, 15) is 4.79 Å². The molecule has 0 aliphatic rings. The minimum Gasteiger partial charge on any atom is -0.383 e. The maximum Gasteiger partial charge on any atom is 0.256 e. The third kappa shape index (κ3) is 3.22. The van der Waals surface area contributed by atoms with Gasteiger partial charge >= 0.3 is 0 Å². The minimum absolute atomic E-state index is 0.0828. The molecular formula is C15H19N3O. The minimum atomic E-state index is -0.120. The highest BCUT2D eigenvalue weighted by Crippen LogP contribution is 2.15. The van der Waals surface area contributed by atoms with Crippen LogP contribution >= 0.6 is 0 Å². The molecule has 2 aromatic rings. The molecule has 100 valence electrons. The average Bonchev–Trinajstić information content (AvgIpc) is 2.36. The van der Waals surface area contributed by atoms with Crippen LogP contribution in [-0.2, 0) is 12.8 Å². The summed E-state index contributed by atoms with van der Waals surface area (Å²) in [5.74, 6) is 1.08. The molecule has 3 N–H and O–H groups in total. The molecule has 0 spiro atoms. The fraction of sp³-hybridized carbons (Fsp3) is 0.333. The average molecular weight is 257 g/mol. The molecule has 0 amide bonds. The SMILES string of the molecule is CC(C)c1c(N)nc(CCc2ccccc2)[nH]c1=O. The predicted molar refractivity (Wildman–Crippen MR) is 77.2 cm³/mol. The van der Waals surface area contributed by atoms with Crippen molar-refractivity contribution in [3.8, 4) is 0 Å². The maximum absolute atomic E-state index is 11.9. The van der Waals surface area contributed by atoms with E-state index in [2.05, 4.69) is 22.1 Å². The fourth-order valence-electron chi connectivity index (χ4n) is 2.13. The van der Waals surface area contributed by atoms with E-state index in [1.54, 1.807) is 0 Å². The highest BCUT2D eigenvalue weighted by Gasteiger charge is 2.12. The van der Waals surface area contributed by atoms with Crippen LogP contribution in [0.5, 0.6) is 0 Å². The molecule has 4 heteroatoms. The molecule has 0 atom stereocenters. The van der Waals surface area contributed by atoms with E-state index in [0.29, 0.717) is 23.6 Å². The molecule has 19 heavy (non-hydrogen) atoms. The number of nitrogens with two attached hydrogens (primary N) is 1. The van der Waals surface area contributed by atoms with Crippen LogP contribution in [-0.4, -0.2) is 9.97 Å². The first-order valence-electron chi connectivity index (χ1n) is 6.50. The predicted octanol–water partition coefficient (Wildman–Crippen LogP) is 2.26. The number of nitrogens with zero attached hydrogens (tertiary/aromatic N) is 1. The van der Waals surface area contributed by atoms with E-state index < -0.39 is 0 Å². The lowest BCUT2D eigenvalue weighted by atomic mass is 10.1. The molecule has 0 aliphatic carbocycles. The number of aryl methyl sites for hydroxylation is 2. The standard InChI is InChI=1S/C15H19N3O/c1-10(2)13-14(16)17-12(18-15(13)19)9-8-11-6-4-3-5-7-11/h3-7,10H,8-9H2,1-2H3,(H3,16,17,18,19). The van der Waals surface area contributed by atoms with Gasteiger partial charge in [-0.2, -0.15) is 0 Å². The number of hydrogen-bond donors (Lipinski definition) is 2. The summed E-state index contributed by atoms with van der Waals surface area (Å²) in [7, 11) is 0. The lowest BCUT2D eigenvalue weighted by Gasteiger charge is -2.09. The Hall–Kier alpha value is -2.10. The number of benzene rings is 1. The lowest BCUT2D eigenvalue weighted by Crippen LogP contribution is -2.21. The van der Waals surface area contributed by atoms with Gasteiger partial charge in [-0.3, -0.25) is 4.79 Å². The zero-order valence-corrected chi connectivity index (χ0v) is 11.3. The third-order valence-corrected chi connectivity index (χ3v) is 3.10. The van der Waals surface area contributed by atoms with Gasteiger partial charge in [0.25, 0.3) is 5.56 Å². The smallest absolute Gasteiger partial charge is 0.256 e. The van der Waals surface area contributed by atoms with Crippen LogP contribution in [0, 0.1) is 0 Å². The summed E-state index contributed by atoms with van der Waals surface area (Å²) in [4.78, 5) is 19.1. The summed E-state index contributed by atoms with van der Waals surface area (Å²) in [6, 6.07) is 10.1. The van der Waals surface area contributed by atoms with Crippen LogP contribution in [0.3, 0.4) is 0 Å². The number of anilines is 1. The number of aromatic amines is 1. The van der Waals surface area contributed by atoms with Crippen molar-refractivity contribution in [3.63, 3.8) is 0 Å². The molecule has 0 bridgehead atoms. The molecule has 0 saturated carbocycles. The largest absolute Gasteiger partial charge is 0.383 e. The summed E-state index contributed by atoms with van der Waals surface area (Å²) in [5.41, 5.74) is 7.53. The van der Waals surface area contributed by atoms with Crippen molar-refractivity contribution in [2.24, 2.45) is 0 Å². The Morgan fingerprint density at radius 1 is 1.21 bits per heavy atom. The lowest BCUT2D eigenvalue weighted by molar-refractivity contribution is 0.795. The zero-order valence-electron chi connectivity index (χ0n) is 11.3. The first-order valence-corrected chi connectivity index (χ1v) is 6.50. The van der Waals surface area contributed by atoms with Crippen molar-refractivity contribution in [1.82, 2.24) is 9.97 Å². The van der Waals surface area contributed by atoms with Crippen LogP contribution in [0.2, 0.25) is 0 Å². The number of hydrogen-bond acceptors (Lipinski definition) is 3. The first kappa shape index (κ1) is 13.3. The van der Waals surface area contributed by atoms with E-state index in [-0.39, 0.29) is 11.5 Å². The number of H-pyrrole nitrogens is 1. The molecule has 1 heterocycles. The van der Waals surface area contributed by atoms with Crippen LogP contribution in [0.4, 0.5) is 5.82 Å². The second kappa shape index (κ2) is 5.69. The maximum atomic E-state index is 11.9. The Bertz CT molecular complexity index is 603. The van der Waals surface area contributed by atoms with Crippen LogP contribution < -0.4 is 11.3 Å². The van der Waals surface area contributed by atoms with E-state index in [0.717, 1.165) is 6.42 Å². The van der Waals surface area contributed by atoms with Gasteiger partial charge in [-0.15, -0.1) is 0 Å². The van der Waals surface area contributed by atoms with Crippen LogP contribution in [0.25, 0.3) is 0 Å². The first-order chi connectivity index (χ1) is 9.08. The molecule has 2 rings (SSSR count). The Morgan fingerprint density at radius 3 is 2.47 bits per heavy atom. The molecule has 0 aliphatic heterocycles. The topological polar surface area (TPSA) is 71.8 Å². The number of nitrogen functional groups attached to an aromatic ring is 1. The van der Waals surface area contributed by atoms with Crippen molar-refractivity contribution in [1.29, 1.82) is 0 Å². The molecule has 0 radical (unpaired) electrons. The monoisotopic (exact) mass is 257 g/mol. The van der Waals surface area contributed by atoms with Crippen molar-refractivity contribution >= 4 is 5.82 Å². The summed E-state index contributed by atoms with van der Waals surface area (Å²) < 4.78 is 0. The molecular weight excluding hydrogens is 238 g/mol. The van der Waals surface area contributed by atoms with E-state index in [1.807, 2.05) is 32.0 Å². The van der Waals surface area contributed by atoms with Crippen molar-refractivity contribution in [2.75, 3.05) is 5.73 Å². The summed E-state index contributed by atoms with van der Waals surface area (Å²) in [6.07, 6.45) is 1.52. The zero-order chi connectivity index (χ0) is 13.8. The normalized spacial score (nSPS) is 10.9. The van der Waals surface area contributed by atoms with Crippen LogP contribution in [0.15, 0.2) is 35.1 Å². The molecule has 4 nitrogen and oxygen atoms in total. The Labute approximate surface area is 112 Å². The molecule has 1 aromatic heterocycles. The molecule has 1 aromatic carbocycles. The summed E-state index contributed by atoms with van der Waals surface area (Å²) in [5, 5.41) is 0. The number of rotatable bonds is 4. The Morgan fingerprint density at radius 2 is 1.89 bits per heavy atom. The van der Waals surface area contributed by atoms with Crippen LogP contribution in [0.1, 0.15) is 36.7 Å². The molecule has 0 fully saturated rings. The van der Waals surface area contributed by atoms with Gasteiger partial charge in [-0.1, -0.05) is 44.2 Å². The van der Waals surface area contributed by atoms with E-state index in [4.69, 9.17) is 5.73 Å². The van der Waals surface area contributed by atoms with Crippen molar-refractivity contribution in [3.05, 3.63) is 57.6 Å². The highest BCUT2D eigenvalue weighted by atomic mass is 16.1.